The standard InChI is InChI=1S/C30H32Cl2N2O2S/c31-24-14-16-27(17-15-24)37-21-29(35)34(20-23-10-7-11-25(32)18-23)28(19-22-8-3-1-4-9-22)30(36)33-26-12-5-2-6-13-26/h1,3-4,7-11,14-18,26,28H,2,5-6,12-13,19-21H2,(H,33,36)/t28-/m1/s1. The molecule has 4 nitrogen and oxygen atoms in total. The third-order valence-electron chi connectivity index (χ3n) is 6.64. The summed E-state index contributed by atoms with van der Waals surface area (Å²) in [5, 5.41) is 4.53. The zero-order chi connectivity index (χ0) is 26.0. The fourth-order valence-electron chi connectivity index (χ4n) is 4.69. The molecule has 1 atom stereocenters. The van der Waals surface area contributed by atoms with Crippen LogP contribution >= 0.6 is 35.0 Å². The van der Waals surface area contributed by atoms with Gasteiger partial charge in [0, 0.05) is 33.9 Å². The molecule has 0 aliphatic heterocycles. The predicted octanol–water partition coefficient (Wildman–Crippen LogP) is 7.17. The molecule has 4 rings (SSSR count). The zero-order valence-corrected chi connectivity index (χ0v) is 23.1. The first-order valence-corrected chi connectivity index (χ1v) is 14.5. The molecule has 2 amide bonds. The van der Waals surface area contributed by atoms with E-state index in [1.807, 2.05) is 78.9 Å². The maximum Gasteiger partial charge on any atom is 0.243 e. The molecule has 37 heavy (non-hydrogen) atoms. The summed E-state index contributed by atoms with van der Waals surface area (Å²) in [5.41, 5.74) is 1.90. The molecule has 0 spiro atoms. The summed E-state index contributed by atoms with van der Waals surface area (Å²) in [6.45, 7) is 0.302. The summed E-state index contributed by atoms with van der Waals surface area (Å²) in [7, 11) is 0. The lowest BCUT2D eigenvalue weighted by Crippen LogP contribution is -2.53. The van der Waals surface area contributed by atoms with E-state index in [4.69, 9.17) is 23.2 Å². The summed E-state index contributed by atoms with van der Waals surface area (Å²) in [5.74, 6) is 0.0202. The van der Waals surface area contributed by atoms with Crippen LogP contribution in [0.4, 0.5) is 0 Å². The van der Waals surface area contributed by atoms with Crippen LogP contribution in [0.1, 0.15) is 43.2 Å². The molecule has 3 aromatic carbocycles. The summed E-state index contributed by atoms with van der Waals surface area (Å²) < 4.78 is 0. The highest BCUT2D eigenvalue weighted by molar-refractivity contribution is 8.00. The number of rotatable bonds is 10. The van der Waals surface area contributed by atoms with Crippen LogP contribution in [0.5, 0.6) is 0 Å². The molecule has 0 bridgehead atoms. The van der Waals surface area contributed by atoms with Crippen molar-refractivity contribution >= 4 is 46.8 Å². The van der Waals surface area contributed by atoms with Gasteiger partial charge in [0.2, 0.25) is 11.8 Å². The molecule has 194 valence electrons. The second kappa shape index (κ2) is 13.9. The molecule has 3 aromatic rings. The first-order valence-electron chi connectivity index (χ1n) is 12.7. The van der Waals surface area contributed by atoms with Gasteiger partial charge in [-0.2, -0.15) is 0 Å². The Morgan fingerprint density at radius 2 is 1.57 bits per heavy atom. The normalized spacial score (nSPS) is 14.6. The monoisotopic (exact) mass is 554 g/mol. The number of amides is 2. The predicted molar refractivity (Wildman–Crippen MR) is 153 cm³/mol. The fraction of sp³-hybridized carbons (Fsp3) is 0.333. The molecule has 1 fully saturated rings. The van der Waals surface area contributed by atoms with Gasteiger partial charge in [0.05, 0.1) is 5.75 Å². The van der Waals surface area contributed by atoms with Crippen molar-refractivity contribution in [3.8, 4) is 0 Å². The van der Waals surface area contributed by atoms with Crippen molar-refractivity contribution in [3.05, 3.63) is 100 Å². The number of hydrogen-bond donors (Lipinski definition) is 1. The van der Waals surface area contributed by atoms with Gasteiger partial charge in [0.15, 0.2) is 0 Å². The molecule has 1 N–H and O–H groups in total. The quantitative estimate of drug-likeness (QED) is 0.270. The lowest BCUT2D eigenvalue weighted by Gasteiger charge is -2.33. The van der Waals surface area contributed by atoms with E-state index in [2.05, 4.69) is 5.32 Å². The summed E-state index contributed by atoms with van der Waals surface area (Å²) in [6.07, 6.45) is 5.86. The fourth-order valence-corrected chi connectivity index (χ4v) is 5.81. The molecule has 7 heteroatoms. The molecule has 0 unspecified atom stereocenters. The molecular weight excluding hydrogens is 523 g/mol. The number of thioether (sulfide) groups is 1. The van der Waals surface area contributed by atoms with Crippen LogP contribution in [-0.4, -0.2) is 34.6 Å². The smallest absolute Gasteiger partial charge is 0.243 e. The summed E-state index contributed by atoms with van der Waals surface area (Å²) >= 11 is 13.7. The van der Waals surface area contributed by atoms with Gasteiger partial charge in [0.25, 0.3) is 0 Å². The number of nitrogens with one attached hydrogen (secondary N) is 1. The minimum atomic E-state index is -0.637. The highest BCUT2D eigenvalue weighted by atomic mass is 35.5. The van der Waals surface area contributed by atoms with Crippen LogP contribution in [-0.2, 0) is 22.6 Å². The topological polar surface area (TPSA) is 49.4 Å². The maximum atomic E-state index is 13.8. The molecule has 1 aliphatic carbocycles. The lowest BCUT2D eigenvalue weighted by atomic mass is 9.94. The van der Waals surface area contributed by atoms with E-state index in [-0.39, 0.29) is 23.6 Å². The van der Waals surface area contributed by atoms with Gasteiger partial charge in [-0.3, -0.25) is 9.59 Å². The minimum absolute atomic E-state index is 0.0948. The maximum absolute atomic E-state index is 13.8. The van der Waals surface area contributed by atoms with Crippen LogP contribution in [0.25, 0.3) is 0 Å². The largest absolute Gasteiger partial charge is 0.352 e. The van der Waals surface area contributed by atoms with E-state index in [1.54, 1.807) is 4.90 Å². The van der Waals surface area contributed by atoms with Crippen molar-refractivity contribution in [2.75, 3.05) is 5.75 Å². The van der Waals surface area contributed by atoms with Gasteiger partial charge in [-0.25, -0.2) is 0 Å². The zero-order valence-electron chi connectivity index (χ0n) is 20.7. The number of carbonyl (C=O) groups excluding carboxylic acids is 2. The molecule has 0 aromatic heterocycles. The Morgan fingerprint density at radius 1 is 0.865 bits per heavy atom. The molecule has 1 aliphatic rings. The van der Waals surface area contributed by atoms with Gasteiger partial charge in [0.1, 0.15) is 6.04 Å². The van der Waals surface area contributed by atoms with Gasteiger partial charge in [-0.15, -0.1) is 11.8 Å². The average Bonchev–Trinajstić information content (AvgIpc) is 2.91. The number of halogens is 2. The highest BCUT2D eigenvalue weighted by Crippen LogP contribution is 2.24. The van der Waals surface area contributed by atoms with E-state index < -0.39 is 6.04 Å². The lowest BCUT2D eigenvalue weighted by molar-refractivity contribution is -0.139. The Balaban J connectivity index is 1.60. The van der Waals surface area contributed by atoms with Crippen LogP contribution < -0.4 is 5.32 Å². The summed E-state index contributed by atoms with van der Waals surface area (Å²) in [6, 6.07) is 24.3. The second-order valence-corrected chi connectivity index (χ2v) is 11.4. The Bertz CT molecular complexity index is 1170. The van der Waals surface area contributed by atoms with E-state index in [0.29, 0.717) is 23.0 Å². The van der Waals surface area contributed by atoms with Gasteiger partial charge in [-0.05, 0) is 60.4 Å². The van der Waals surface area contributed by atoms with Crippen LogP contribution in [0.3, 0.4) is 0 Å². The van der Waals surface area contributed by atoms with Crippen molar-refractivity contribution in [3.63, 3.8) is 0 Å². The highest BCUT2D eigenvalue weighted by Gasteiger charge is 2.32. The Morgan fingerprint density at radius 3 is 2.27 bits per heavy atom. The van der Waals surface area contributed by atoms with Crippen molar-refractivity contribution in [2.45, 2.75) is 62.0 Å². The second-order valence-electron chi connectivity index (χ2n) is 9.44. The molecule has 0 heterocycles. The number of benzene rings is 3. The van der Waals surface area contributed by atoms with Crippen molar-refractivity contribution < 1.29 is 9.59 Å². The van der Waals surface area contributed by atoms with E-state index in [0.717, 1.165) is 41.7 Å². The van der Waals surface area contributed by atoms with Gasteiger partial charge < -0.3 is 10.2 Å². The van der Waals surface area contributed by atoms with E-state index in [1.165, 1.54) is 18.2 Å². The SMILES string of the molecule is O=C(NC1CCCCC1)[C@@H](Cc1ccccc1)N(Cc1cccc(Cl)c1)C(=O)CSc1ccc(Cl)cc1. The Labute approximate surface area is 233 Å². The van der Waals surface area contributed by atoms with Crippen LogP contribution in [0.2, 0.25) is 10.0 Å². The third kappa shape index (κ3) is 8.53. The molecular formula is C30H32Cl2N2O2S. The number of hydrogen-bond acceptors (Lipinski definition) is 3. The van der Waals surface area contributed by atoms with Crippen molar-refractivity contribution in [1.29, 1.82) is 0 Å². The van der Waals surface area contributed by atoms with E-state index >= 15 is 0 Å². The van der Waals surface area contributed by atoms with Crippen molar-refractivity contribution in [1.82, 2.24) is 10.2 Å². The minimum Gasteiger partial charge on any atom is -0.352 e. The summed E-state index contributed by atoms with van der Waals surface area (Å²) in [4.78, 5) is 30.2. The van der Waals surface area contributed by atoms with Gasteiger partial charge >= 0.3 is 0 Å². The molecule has 1 saturated carbocycles. The first kappa shape index (κ1) is 27.6. The molecule has 0 saturated heterocycles. The van der Waals surface area contributed by atoms with Crippen molar-refractivity contribution in [2.24, 2.45) is 0 Å². The van der Waals surface area contributed by atoms with Gasteiger partial charge in [-0.1, -0.05) is 84.9 Å². The number of nitrogens with zero attached hydrogens (tertiary/aromatic N) is 1. The van der Waals surface area contributed by atoms with Crippen LogP contribution in [0, 0.1) is 0 Å². The third-order valence-corrected chi connectivity index (χ3v) is 8.12. The van der Waals surface area contributed by atoms with E-state index in [9.17, 15) is 9.59 Å². The Kier molecular flexibility index (Phi) is 10.4. The first-order chi connectivity index (χ1) is 18.0. The van der Waals surface area contributed by atoms with Crippen LogP contribution in [0.15, 0.2) is 83.8 Å². The molecule has 0 radical (unpaired) electrons. The average molecular weight is 556 g/mol. The Hall–Kier alpha value is -2.47. The number of carbonyl (C=O) groups is 2.